The molecule has 42 heavy (non-hydrogen) atoms. The third kappa shape index (κ3) is 41.6. The summed E-state index contributed by atoms with van der Waals surface area (Å²) in [5.74, 6) is -0.0342. The van der Waals surface area contributed by atoms with Gasteiger partial charge in [0, 0.05) is 6.42 Å². The predicted octanol–water partition coefficient (Wildman–Crippen LogP) is 13.4. The molecule has 0 aliphatic heterocycles. The van der Waals surface area contributed by atoms with Crippen LogP contribution >= 0.6 is 0 Å². The molecule has 3 nitrogen and oxygen atoms in total. The van der Waals surface area contributed by atoms with E-state index in [4.69, 9.17) is 4.74 Å². The Morgan fingerprint density at radius 3 is 1.00 bits per heavy atom. The van der Waals surface area contributed by atoms with E-state index in [2.05, 4.69) is 20.8 Å². The van der Waals surface area contributed by atoms with E-state index in [9.17, 15) is 9.90 Å². The van der Waals surface area contributed by atoms with Crippen molar-refractivity contribution in [3.05, 3.63) is 0 Å². The monoisotopic (exact) mass is 597 g/mol. The minimum absolute atomic E-state index is 0.0271. The van der Waals surface area contributed by atoms with Crippen molar-refractivity contribution in [1.82, 2.24) is 0 Å². The van der Waals surface area contributed by atoms with Crippen molar-refractivity contribution in [1.29, 1.82) is 0 Å². The lowest BCUT2D eigenvalue weighted by molar-refractivity contribution is -0.147. The summed E-state index contributed by atoms with van der Waals surface area (Å²) in [6.07, 6.45) is 40.4. The van der Waals surface area contributed by atoms with Gasteiger partial charge in [0.05, 0.1) is 12.2 Å². The summed E-state index contributed by atoms with van der Waals surface area (Å²) in [6.45, 7) is 10.6. The third-order valence-electron chi connectivity index (χ3n) is 8.38. The maximum Gasteiger partial charge on any atom is 0.306 e. The lowest BCUT2D eigenvalue weighted by Crippen LogP contribution is -2.10. The Labute approximate surface area is 266 Å². The maximum absolute atomic E-state index is 11.3. The number of rotatable bonds is 32. The Balaban J connectivity index is 0. The van der Waals surface area contributed by atoms with Crippen LogP contribution in [0.25, 0.3) is 0 Å². The molecule has 0 aromatic heterocycles. The molecule has 0 aromatic carbocycles. The van der Waals surface area contributed by atoms with Crippen LogP contribution in [0.3, 0.4) is 0 Å². The molecule has 0 bridgehead atoms. The molecule has 0 rings (SSSR count). The number of unbranched alkanes of at least 4 members (excludes halogenated alkanes) is 25. The Kier molecular flexibility index (Phi) is 39.9. The van der Waals surface area contributed by atoms with E-state index < -0.39 is 0 Å². The van der Waals surface area contributed by atoms with Crippen LogP contribution in [-0.4, -0.2) is 23.3 Å². The average molecular weight is 597 g/mol. The molecular formula is C39H80O3. The van der Waals surface area contributed by atoms with Crippen LogP contribution < -0.4 is 0 Å². The Morgan fingerprint density at radius 2 is 0.714 bits per heavy atom. The highest BCUT2D eigenvalue weighted by molar-refractivity contribution is 5.69. The molecule has 0 saturated carbocycles. The molecule has 0 saturated heterocycles. The molecule has 1 unspecified atom stereocenters. The highest BCUT2D eigenvalue weighted by Crippen LogP contribution is 2.15. The first-order chi connectivity index (χ1) is 20.5. The van der Waals surface area contributed by atoms with Crippen molar-refractivity contribution in [3.8, 4) is 0 Å². The number of aliphatic hydroxyl groups is 1. The van der Waals surface area contributed by atoms with E-state index >= 15 is 0 Å². The maximum atomic E-state index is 11.3. The van der Waals surface area contributed by atoms with Crippen LogP contribution in [-0.2, 0) is 9.53 Å². The molecule has 3 heteroatoms. The number of esters is 1. The molecule has 0 aromatic rings. The fraction of sp³-hybridized carbons (Fsp3) is 0.974. The topological polar surface area (TPSA) is 46.5 Å². The minimum atomic E-state index is -0.0342. The van der Waals surface area contributed by atoms with Crippen molar-refractivity contribution >= 4 is 5.97 Å². The molecular weight excluding hydrogens is 516 g/mol. The largest absolute Gasteiger partial charge is 0.463 e. The fourth-order valence-corrected chi connectivity index (χ4v) is 5.60. The Hall–Kier alpha value is -0.570. The van der Waals surface area contributed by atoms with Crippen LogP contribution in [0.15, 0.2) is 0 Å². The summed E-state index contributed by atoms with van der Waals surface area (Å²) in [6, 6.07) is 0. The van der Waals surface area contributed by atoms with Gasteiger partial charge in [-0.3, -0.25) is 4.79 Å². The molecule has 0 radical (unpaired) electrons. The predicted molar refractivity (Wildman–Crippen MR) is 187 cm³/mol. The summed E-state index contributed by atoms with van der Waals surface area (Å²) >= 11 is 0. The zero-order chi connectivity index (χ0) is 31.4. The second-order valence-corrected chi connectivity index (χ2v) is 13.4. The van der Waals surface area contributed by atoms with Crippen molar-refractivity contribution in [2.24, 2.45) is 0 Å². The summed E-state index contributed by atoms with van der Waals surface area (Å²) in [4.78, 5) is 11.3. The zero-order valence-corrected chi connectivity index (χ0v) is 29.8. The quantitative estimate of drug-likeness (QED) is 0.0620. The Morgan fingerprint density at radius 1 is 0.452 bits per heavy atom. The zero-order valence-electron chi connectivity index (χ0n) is 29.8. The lowest BCUT2D eigenvalue weighted by Gasteiger charge is -2.10. The standard InChI is InChI=1S/C20H42O.C19H38O2/c1-3-5-7-9-11-12-13-15-17-19-20(21)18-16-14-10-8-6-4-2;1-4-5-6-7-8-9-10-11-12-13-14-15-16-17-19(20)21-18(2)3/h20-21H,3-19H2,1-2H3;18H,4-17H2,1-3H3. The third-order valence-corrected chi connectivity index (χ3v) is 8.38. The normalized spacial score (nSPS) is 11.9. The summed E-state index contributed by atoms with van der Waals surface area (Å²) in [5.41, 5.74) is 0. The van der Waals surface area contributed by atoms with Gasteiger partial charge in [0.1, 0.15) is 0 Å². The SMILES string of the molecule is CCCCCCCCCCCC(O)CCCCCCCC.CCCCCCCCCCCCCCCC(=O)OC(C)C. The van der Waals surface area contributed by atoms with Crippen LogP contribution in [0.2, 0.25) is 0 Å². The average Bonchev–Trinajstić information content (AvgIpc) is 2.96. The molecule has 0 aliphatic carbocycles. The van der Waals surface area contributed by atoms with Gasteiger partial charge in [0.25, 0.3) is 0 Å². The number of aliphatic hydroxyl groups excluding tert-OH is 1. The van der Waals surface area contributed by atoms with Gasteiger partial charge in [0.15, 0.2) is 0 Å². The first-order valence-electron chi connectivity index (χ1n) is 19.3. The number of carbonyl (C=O) groups is 1. The van der Waals surface area contributed by atoms with Gasteiger partial charge in [-0.15, -0.1) is 0 Å². The van der Waals surface area contributed by atoms with Gasteiger partial charge in [-0.25, -0.2) is 0 Å². The van der Waals surface area contributed by atoms with E-state index in [1.165, 1.54) is 173 Å². The second kappa shape index (κ2) is 38.5. The fourth-order valence-electron chi connectivity index (χ4n) is 5.60. The summed E-state index contributed by atoms with van der Waals surface area (Å²) in [5, 5.41) is 9.95. The van der Waals surface area contributed by atoms with Gasteiger partial charge in [-0.05, 0) is 33.1 Å². The number of hydrogen-bond acceptors (Lipinski definition) is 3. The lowest BCUT2D eigenvalue weighted by atomic mass is 10.0. The van der Waals surface area contributed by atoms with Crippen molar-refractivity contribution in [2.45, 2.75) is 246 Å². The van der Waals surface area contributed by atoms with Crippen LogP contribution in [0.5, 0.6) is 0 Å². The molecule has 0 spiro atoms. The van der Waals surface area contributed by atoms with Crippen molar-refractivity contribution < 1.29 is 14.6 Å². The molecule has 0 heterocycles. The van der Waals surface area contributed by atoms with E-state index in [0.29, 0.717) is 6.42 Å². The minimum Gasteiger partial charge on any atom is -0.463 e. The first-order valence-corrected chi connectivity index (χ1v) is 19.3. The van der Waals surface area contributed by atoms with Gasteiger partial charge in [-0.1, -0.05) is 194 Å². The first kappa shape index (κ1) is 43.6. The molecule has 254 valence electrons. The summed E-state index contributed by atoms with van der Waals surface area (Å²) < 4.78 is 5.12. The van der Waals surface area contributed by atoms with Crippen molar-refractivity contribution in [2.75, 3.05) is 0 Å². The number of ether oxygens (including phenoxy) is 1. The molecule has 1 atom stereocenters. The van der Waals surface area contributed by atoms with Crippen LogP contribution in [0.4, 0.5) is 0 Å². The van der Waals surface area contributed by atoms with E-state index in [-0.39, 0.29) is 18.2 Å². The smallest absolute Gasteiger partial charge is 0.306 e. The Bertz CT molecular complexity index is 490. The van der Waals surface area contributed by atoms with Gasteiger partial charge >= 0.3 is 5.97 Å². The number of hydrogen-bond donors (Lipinski definition) is 1. The van der Waals surface area contributed by atoms with E-state index in [0.717, 1.165) is 19.3 Å². The van der Waals surface area contributed by atoms with Gasteiger partial charge in [-0.2, -0.15) is 0 Å². The second-order valence-electron chi connectivity index (χ2n) is 13.4. The highest BCUT2D eigenvalue weighted by Gasteiger charge is 2.05. The number of carbonyl (C=O) groups excluding carboxylic acids is 1. The molecule has 1 N–H and O–H groups in total. The van der Waals surface area contributed by atoms with Gasteiger partial charge < -0.3 is 9.84 Å². The molecule has 0 amide bonds. The van der Waals surface area contributed by atoms with Crippen LogP contribution in [0.1, 0.15) is 234 Å². The highest BCUT2D eigenvalue weighted by atomic mass is 16.5. The van der Waals surface area contributed by atoms with E-state index in [1.54, 1.807) is 0 Å². The van der Waals surface area contributed by atoms with Crippen LogP contribution in [0, 0.1) is 0 Å². The molecule has 0 fully saturated rings. The van der Waals surface area contributed by atoms with Gasteiger partial charge in [0.2, 0.25) is 0 Å². The van der Waals surface area contributed by atoms with Crippen molar-refractivity contribution in [3.63, 3.8) is 0 Å². The molecule has 0 aliphatic rings. The van der Waals surface area contributed by atoms with E-state index in [1.807, 2.05) is 13.8 Å². The summed E-state index contributed by atoms with van der Waals surface area (Å²) in [7, 11) is 0.